The molecule has 0 heterocycles. The minimum atomic E-state index is 0.181. The van der Waals surface area contributed by atoms with Crippen LogP contribution in [-0.4, -0.2) is 11.3 Å². The third kappa shape index (κ3) is 5.67. The van der Waals surface area contributed by atoms with E-state index in [0.29, 0.717) is 21.6 Å². The molecule has 2 nitrogen and oxygen atoms in total. The van der Waals surface area contributed by atoms with E-state index < -0.39 is 0 Å². The lowest BCUT2D eigenvalue weighted by atomic mass is 9.44. The lowest BCUT2D eigenvalue weighted by Gasteiger charge is -2.61. The topological polar surface area (TPSA) is 18.5 Å². The number of thiocarbonyl (C=S) groups is 1. The van der Waals surface area contributed by atoms with Crippen LogP contribution in [0.4, 0.5) is 0 Å². The minimum Gasteiger partial charge on any atom is -0.453 e. The van der Waals surface area contributed by atoms with Crippen LogP contribution < -0.4 is 4.74 Å². The van der Waals surface area contributed by atoms with Crippen molar-refractivity contribution in [2.24, 2.45) is 52.3 Å². The molecule has 0 radical (unpaired) electrons. The fourth-order valence-corrected chi connectivity index (χ4v) is 10.5. The van der Waals surface area contributed by atoms with Crippen LogP contribution in [0.25, 0.3) is 0 Å². The number of hydrogen-bond donors (Lipinski definition) is 0. The third-order valence-corrected chi connectivity index (χ3v) is 12.5. The van der Waals surface area contributed by atoms with Crippen LogP contribution >= 0.6 is 23.8 Å². The molecule has 212 valence electrons. The van der Waals surface area contributed by atoms with E-state index in [2.05, 4.69) is 34.6 Å². The van der Waals surface area contributed by atoms with E-state index in [0.717, 1.165) is 54.3 Å². The lowest BCUT2D eigenvalue weighted by Crippen LogP contribution is -2.54. The van der Waals surface area contributed by atoms with Crippen molar-refractivity contribution >= 4 is 29.1 Å². The fourth-order valence-electron chi connectivity index (χ4n) is 10.1. The highest BCUT2D eigenvalue weighted by atomic mass is 35.5. The maximum absolute atomic E-state index is 6.20. The van der Waals surface area contributed by atoms with Crippen molar-refractivity contribution in [3.63, 3.8) is 0 Å². The number of ether oxygens (including phenoxy) is 2. The summed E-state index contributed by atoms with van der Waals surface area (Å²) in [5, 5.41) is 0.946. The van der Waals surface area contributed by atoms with Crippen LogP contribution in [0.1, 0.15) is 112 Å². The van der Waals surface area contributed by atoms with Crippen molar-refractivity contribution in [1.29, 1.82) is 0 Å². The first-order chi connectivity index (χ1) is 18.1. The van der Waals surface area contributed by atoms with E-state index in [1.54, 1.807) is 0 Å². The predicted molar refractivity (Wildman–Crippen MR) is 163 cm³/mol. The molecule has 4 fully saturated rings. The van der Waals surface area contributed by atoms with Gasteiger partial charge in [0.25, 0.3) is 0 Å². The lowest BCUT2D eigenvalue weighted by molar-refractivity contribution is -0.128. The molecule has 38 heavy (non-hydrogen) atoms. The van der Waals surface area contributed by atoms with Gasteiger partial charge < -0.3 is 9.47 Å². The molecule has 4 aliphatic rings. The predicted octanol–water partition coefficient (Wildman–Crippen LogP) is 10.5. The molecule has 1 aromatic carbocycles. The summed E-state index contributed by atoms with van der Waals surface area (Å²) in [6.45, 7) is 12.7. The van der Waals surface area contributed by atoms with Gasteiger partial charge in [0.05, 0.1) is 0 Å². The second-order valence-corrected chi connectivity index (χ2v) is 15.3. The maximum Gasteiger partial charge on any atom is 0.358 e. The molecule has 7 unspecified atom stereocenters. The SMILES string of the molecule is CC(C)CCCC(C)C1CCC2C3CCC4CC(OC(=S)Oc5ccc(Cl)cc5)CC[C@]4(C)C3CC[C@]12C. The van der Waals surface area contributed by atoms with Crippen molar-refractivity contribution in [1.82, 2.24) is 0 Å². The Hall–Kier alpha value is -0.800. The monoisotopic (exact) mass is 558 g/mol. The van der Waals surface area contributed by atoms with Gasteiger partial charge >= 0.3 is 5.24 Å². The van der Waals surface area contributed by atoms with Gasteiger partial charge in [0.1, 0.15) is 11.9 Å². The summed E-state index contributed by atoms with van der Waals surface area (Å²) in [5.74, 6) is 6.89. The van der Waals surface area contributed by atoms with Gasteiger partial charge in [0.2, 0.25) is 0 Å². The Balaban J connectivity index is 1.18. The Morgan fingerprint density at radius 1 is 0.921 bits per heavy atom. The Morgan fingerprint density at radius 2 is 1.63 bits per heavy atom. The van der Waals surface area contributed by atoms with E-state index in [1.807, 2.05) is 24.3 Å². The number of fused-ring (bicyclic) bond motifs is 5. The normalized spacial score (nSPS) is 39.1. The molecule has 4 heteroatoms. The number of halogens is 1. The summed E-state index contributed by atoms with van der Waals surface area (Å²) >= 11 is 11.5. The fraction of sp³-hybridized carbons (Fsp3) is 0.794. The van der Waals surface area contributed by atoms with Gasteiger partial charge in [-0.25, -0.2) is 0 Å². The molecule has 0 spiro atoms. The Morgan fingerprint density at radius 3 is 2.37 bits per heavy atom. The summed E-state index contributed by atoms with van der Waals surface area (Å²) < 4.78 is 12.0. The first-order valence-electron chi connectivity index (χ1n) is 15.7. The van der Waals surface area contributed by atoms with Gasteiger partial charge in [0.15, 0.2) is 0 Å². The number of benzene rings is 1. The molecule has 0 amide bonds. The Labute approximate surface area is 243 Å². The molecule has 0 N–H and O–H groups in total. The first-order valence-corrected chi connectivity index (χ1v) is 16.5. The molecule has 5 rings (SSSR count). The summed E-state index contributed by atoms with van der Waals surface area (Å²) in [6.07, 6.45) is 16.6. The largest absolute Gasteiger partial charge is 0.453 e. The molecular weight excluding hydrogens is 508 g/mol. The highest BCUT2D eigenvalue weighted by Gasteiger charge is 2.60. The van der Waals surface area contributed by atoms with Gasteiger partial charge in [0, 0.05) is 17.2 Å². The van der Waals surface area contributed by atoms with Gasteiger partial charge in [-0.1, -0.05) is 65.5 Å². The standard InChI is InChI=1S/C34H51ClO2S/c1-22(2)7-6-8-23(3)29-15-16-30-28-14-9-24-21-27(37-32(38)36-26-12-10-25(35)11-13-26)17-19-33(24,4)31(28)18-20-34(29,30)5/h10-13,22-24,27-31H,6-9,14-21H2,1-5H3/t23?,24?,27?,28?,29?,30?,31?,33-,34+/m0/s1. The average Bonchev–Trinajstić information content (AvgIpc) is 3.23. The summed E-state index contributed by atoms with van der Waals surface area (Å²) in [4.78, 5) is 0. The van der Waals surface area contributed by atoms with Crippen molar-refractivity contribution in [3.8, 4) is 5.75 Å². The van der Waals surface area contributed by atoms with Gasteiger partial charge in [-0.3, -0.25) is 0 Å². The molecule has 0 saturated heterocycles. The van der Waals surface area contributed by atoms with E-state index in [-0.39, 0.29) is 11.3 Å². The van der Waals surface area contributed by atoms with Gasteiger partial charge in [-0.2, -0.15) is 0 Å². The molecular formula is C34H51ClO2S. The van der Waals surface area contributed by atoms with Crippen molar-refractivity contribution in [2.75, 3.05) is 0 Å². The average molecular weight is 559 g/mol. The van der Waals surface area contributed by atoms with Gasteiger partial charge in [-0.15, -0.1) is 0 Å². The molecule has 0 aromatic heterocycles. The first kappa shape index (κ1) is 28.7. The minimum absolute atomic E-state index is 0.181. The quantitative estimate of drug-likeness (QED) is 0.310. The zero-order valence-corrected chi connectivity index (χ0v) is 26.1. The third-order valence-electron chi connectivity index (χ3n) is 12.1. The van der Waals surface area contributed by atoms with Gasteiger partial charge in [-0.05, 0) is 134 Å². The molecule has 0 aliphatic heterocycles. The number of rotatable bonds is 7. The van der Waals surface area contributed by atoms with Crippen molar-refractivity contribution in [3.05, 3.63) is 29.3 Å². The molecule has 1 aromatic rings. The summed E-state index contributed by atoms with van der Waals surface area (Å²) in [7, 11) is 0. The molecule has 4 aliphatic carbocycles. The Bertz CT molecular complexity index is 962. The zero-order valence-electron chi connectivity index (χ0n) is 24.5. The van der Waals surface area contributed by atoms with E-state index in [1.165, 1.54) is 64.2 Å². The molecule has 9 atom stereocenters. The maximum atomic E-state index is 6.20. The van der Waals surface area contributed by atoms with Crippen molar-refractivity contribution < 1.29 is 9.47 Å². The zero-order chi connectivity index (χ0) is 27.1. The van der Waals surface area contributed by atoms with Crippen LogP contribution in [0.3, 0.4) is 0 Å². The van der Waals surface area contributed by atoms with Crippen LogP contribution in [0, 0.1) is 52.3 Å². The number of hydrogen-bond acceptors (Lipinski definition) is 3. The van der Waals surface area contributed by atoms with Crippen molar-refractivity contribution in [2.45, 2.75) is 118 Å². The van der Waals surface area contributed by atoms with Crippen LogP contribution in [-0.2, 0) is 4.74 Å². The van der Waals surface area contributed by atoms with E-state index in [4.69, 9.17) is 33.3 Å². The van der Waals surface area contributed by atoms with Crippen LogP contribution in [0.2, 0.25) is 5.02 Å². The second-order valence-electron chi connectivity index (χ2n) is 14.5. The molecule has 0 bridgehead atoms. The smallest absolute Gasteiger partial charge is 0.358 e. The van der Waals surface area contributed by atoms with Crippen LogP contribution in [0.15, 0.2) is 24.3 Å². The Kier molecular flexibility index (Phi) is 8.76. The summed E-state index contributed by atoms with van der Waals surface area (Å²) in [6, 6.07) is 7.32. The van der Waals surface area contributed by atoms with E-state index in [9.17, 15) is 0 Å². The highest BCUT2D eigenvalue weighted by Crippen LogP contribution is 2.68. The van der Waals surface area contributed by atoms with E-state index >= 15 is 0 Å². The second kappa shape index (κ2) is 11.6. The van der Waals surface area contributed by atoms with Crippen LogP contribution in [0.5, 0.6) is 5.75 Å². The summed E-state index contributed by atoms with van der Waals surface area (Å²) in [5.41, 5.74) is 1.04. The molecule has 4 saturated carbocycles. The highest BCUT2D eigenvalue weighted by molar-refractivity contribution is 7.79.